The van der Waals surface area contributed by atoms with E-state index >= 15 is 0 Å². The van der Waals surface area contributed by atoms with Crippen LogP contribution >= 0.6 is 0 Å². The van der Waals surface area contributed by atoms with Crippen LogP contribution in [-0.4, -0.2) is 82.9 Å². The smallest absolute Gasteiger partial charge is 0.410 e. The number of hydrogen-bond acceptors (Lipinski definition) is 6. The topological polar surface area (TPSA) is 101 Å². The minimum Gasteiger partial charge on any atom is -0.444 e. The predicted octanol–water partition coefficient (Wildman–Crippen LogP) is 2.04. The van der Waals surface area contributed by atoms with Gasteiger partial charge >= 0.3 is 12.1 Å². The highest BCUT2D eigenvalue weighted by atomic mass is 16.7. The summed E-state index contributed by atoms with van der Waals surface area (Å²) in [6.07, 6.45) is 3.07. The molecule has 2 unspecified atom stereocenters. The van der Waals surface area contributed by atoms with E-state index in [2.05, 4.69) is 12.4 Å². The number of ether oxygens (including phenoxy) is 1. The van der Waals surface area contributed by atoms with E-state index < -0.39 is 11.6 Å². The molecule has 0 aromatic carbocycles. The fourth-order valence-corrected chi connectivity index (χ4v) is 3.90. The van der Waals surface area contributed by atoms with Crippen molar-refractivity contribution in [1.82, 2.24) is 20.3 Å². The number of carbonyl (C=O) groups is 3. The molecule has 0 aromatic rings. The normalized spacial score (nSPS) is 26.3. The van der Waals surface area contributed by atoms with Gasteiger partial charge in [-0.05, 0) is 46.5 Å². The highest BCUT2D eigenvalue weighted by Gasteiger charge is 2.48. The molecule has 10 heteroatoms. The lowest BCUT2D eigenvalue weighted by Gasteiger charge is -2.29. The van der Waals surface area contributed by atoms with Gasteiger partial charge in [-0.3, -0.25) is 14.5 Å². The van der Waals surface area contributed by atoms with Crippen molar-refractivity contribution in [3.8, 4) is 0 Å². The van der Waals surface area contributed by atoms with Crippen LogP contribution in [0.15, 0.2) is 0 Å². The van der Waals surface area contributed by atoms with E-state index in [1.54, 1.807) is 9.80 Å². The Hall–Kier alpha value is -2.07. The molecule has 2 bridgehead atoms. The van der Waals surface area contributed by atoms with Gasteiger partial charge in [0.15, 0.2) is 0 Å². The third-order valence-corrected chi connectivity index (χ3v) is 5.48. The van der Waals surface area contributed by atoms with Crippen molar-refractivity contribution in [1.29, 1.82) is 0 Å². The van der Waals surface area contributed by atoms with Gasteiger partial charge in [0.05, 0.1) is 19.2 Å². The third kappa shape index (κ3) is 5.34. The third-order valence-electron chi connectivity index (χ3n) is 5.48. The van der Waals surface area contributed by atoms with Gasteiger partial charge in [-0.15, -0.1) is 0 Å². The maximum absolute atomic E-state index is 12.7. The number of rotatable bonds is 7. The van der Waals surface area contributed by atoms with Crippen molar-refractivity contribution in [3.63, 3.8) is 0 Å². The molecular formula is C20H34N4O6. The van der Waals surface area contributed by atoms with Gasteiger partial charge in [0.1, 0.15) is 17.7 Å². The van der Waals surface area contributed by atoms with Crippen LogP contribution in [0.5, 0.6) is 0 Å². The summed E-state index contributed by atoms with van der Waals surface area (Å²) < 4.78 is 5.36. The minimum absolute atomic E-state index is 0.00320. The Labute approximate surface area is 177 Å². The molecule has 3 aliphatic rings. The zero-order chi connectivity index (χ0) is 21.9. The average molecular weight is 427 g/mol. The number of fused-ring (bicyclic) bond motifs is 2. The van der Waals surface area contributed by atoms with E-state index in [0.29, 0.717) is 45.5 Å². The quantitative estimate of drug-likeness (QED) is 0.494. The maximum atomic E-state index is 12.7. The highest BCUT2D eigenvalue weighted by Crippen LogP contribution is 2.30. The molecule has 3 aliphatic heterocycles. The lowest BCUT2D eigenvalue weighted by atomic mass is 10.0. The van der Waals surface area contributed by atoms with Gasteiger partial charge < -0.3 is 14.5 Å². The second-order valence-electron chi connectivity index (χ2n) is 9.12. The molecule has 0 radical (unpaired) electrons. The fourth-order valence-electron chi connectivity index (χ4n) is 3.90. The first-order valence-electron chi connectivity index (χ1n) is 10.9. The lowest BCUT2D eigenvalue weighted by Crippen LogP contribution is -2.50. The fraction of sp³-hybridized carbons (Fsp3) is 0.850. The van der Waals surface area contributed by atoms with Gasteiger partial charge in [-0.2, -0.15) is 5.06 Å². The van der Waals surface area contributed by atoms with Crippen molar-refractivity contribution in [3.05, 3.63) is 0 Å². The number of nitrogens with zero attached hydrogens (tertiary/aromatic N) is 3. The second kappa shape index (κ2) is 9.38. The number of unbranched alkanes of at least 4 members (excludes halogenated alkanes) is 1. The highest BCUT2D eigenvalue weighted by molar-refractivity contribution is 5.88. The Bertz CT molecular complexity index is 652. The number of likely N-dealkylation sites (tertiary alicyclic amines) is 1. The number of piperidine rings is 1. The SMILES string of the molecule is CCCCON1C(=O)N2CC1CC[C@H]2C(=O)NOC1CCN(C(=O)OC(C)(C)C)C1. The molecule has 170 valence electrons. The van der Waals surface area contributed by atoms with E-state index in [-0.39, 0.29) is 30.2 Å². The van der Waals surface area contributed by atoms with Crippen LogP contribution in [0.1, 0.15) is 59.8 Å². The summed E-state index contributed by atoms with van der Waals surface area (Å²) in [5, 5.41) is 1.43. The van der Waals surface area contributed by atoms with Crippen molar-refractivity contribution in [2.75, 3.05) is 26.2 Å². The summed E-state index contributed by atoms with van der Waals surface area (Å²) in [5.74, 6) is -0.340. The molecule has 30 heavy (non-hydrogen) atoms. The Balaban J connectivity index is 1.45. The minimum atomic E-state index is -0.572. The molecule has 3 rings (SSSR count). The van der Waals surface area contributed by atoms with Gasteiger partial charge in [-0.1, -0.05) is 13.3 Å². The first-order chi connectivity index (χ1) is 14.2. The molecule has 4 amide bonds. The largest absolute Gasteiger partial charge is 0.444 e. The summed E-state index contributed by atoms with van der Waals surface area (Å²) in [6.45, 7) is 9.37. The Morgan fingerprint density at radius 2 is 1.93 bits per heavy atom. The van der Waals surface area contributed by atoms with E-state index in [1.165, 1.54) is 5.06 Å². The van der Waals surface area contributed by atoms with Crippen molar-refractivity contribution < 1.29 is 28.8 Å². The molecular weight excluding hydrogens is 392 g/mol. The van der Waals surface area contributed by atoms with Crippen LogP contribution in [0.3, 0.4) is 0 Å². The molecule has 3 heterocycles. The van der Waals surface area contributed by atoms with Crippen LogP contribution < -0.4 is 5.48 Å². The molecule has 3 saturated heterocycles. The van der Waals surface area contributed by atoms with Gasteiger partial charge in [0, 0.05) is 13.1 Å². The van der Waals surface area contributed by atoms with Crippen LogP contribution in [0.25, 0.3) is 0 Å². The Morgan fingerprint density at radius 1 is 1.17 bits per heavy atom. The zero-order valence-corrected chi connectivity index (χ0v) is 18.4. The molecule has 0 aliphatic carbocycles. The molecule has 10 nitrogen and oxygen atoms in total. The molecule has 0 saturated carbocycles. The molecule has 0 aromatic heterocycles. The summed E-state index contributed by atoms with van der Waals surface area (Å²) in [5.41, 5.74) is 1.95. The van der Waals surface area contributed by atoms with E-state index in [4.69, 9.17) is 14.4 Å². The Kier molecular flexibility index (Phi) is 7.07. The van der Waals surface area contributed by atoms with Crippen LogP contribution in [0.2, 0.25) is 0 Å². The van der Waals surface area contributed by atoms with Gasteiger partial charge in [0.25, 0.3) is 5.91 Å². The molecule has 1 N–H and O–H groups in total. The zero-order valence-electron chi connectivity index (χ0n) is 18.4. The number of amides is 4. The standard InChI is InChI=1S/C20H34N4O6/c1-5-6-11-28-24-14-7-8-16(23(12-14)18(24)26)17(25)21-30-15-9-10-22(13-15)19(27)29-20(2,3)4/h14-16H,5-13H2,1-4H3,(H,21,25)/t14?,15?,16-/m0/s1. The number of nitrogens with one attached hydrogen (secondary N) is 1. The van der Waals surface area contributed by atoms with E-state index in [0.717, 1.165) is 12.8 Å². The summed E-state index contributed by atoms with van der Waals surface area (Å²) in [7, 11) is 0. The van der Waals surface area contributed by atoms with Crippen LogP contribution in [0, 0.1) is 0 Å². The van der Waals surface area contributed by atoms with Crippen molar-refractivity contribution >= 4 is 18.0 Å². The maximum Gasteiger partial charge on any atom is 0.410 e. The van der Waals surface area contributed by atoms with Crippen LogP contribution in [0.4, 0.5) is 9.59 Å². The van der Waals surface area contributed by atoms with Gasteiger partial charge in [-0.25, -0.2) is 15.1 Å². The van der Waals surface area contributed by atoms with Crippen molar-refractivity contribution in [2.45, 2.75) is 83.6 Å². The summed E-state index contributed by atoms with van der Waals surface area (Å²) in [6, 6.07) is -0.834. The predicted molar refractivity (Wildman–Crippen MR) is 107 cm³/mol. The number of urea groups is 1. The number of hydroxylamine groups is 3. The second-order valence-corrected chi connectivity index (χ2v) is 9.12. The monoisotopic (exact) mass is 426 g/mol. The van der Waals surface area contributed by atoms with Gasteiger partial charge in [0.2, 0.25) is 0 Å². The first kappa shape index (κ1) is 22.6. The van der Waals surface area contributed by atoms with E-state index in [1.807, 2.05) is 20.8 Å². The van der Waals surface area contributed by atoms with Crippen LogP contribution in [-0.2, 0) is 19.2 Å². The molecule has 3 atom stereocenters. The van der Waals surface area contributed by atoms with Crippen molar-refractivity contribution in [2.24, 2.45) is 0 Å². The Morgan fingerprint density at radius 3 is 2.63 bits per heavy atom. The number of hydrogen-bond donors (Lipinski definition) is 1. The summed E-state index contributed by atoms with van der Waals surface area (Å²) >= 11 is 0. The van der Waals surface area contributed by atoms with E-state index in [9.17, 15) is 14.4 Å². The molecule has 0 spiro atoms. The number of carbonyl (C=O) groups excluding carboxylic acids is 3. The lowest BCUT2D eigenvalue weighted by molar-refractivity contribution is -0.143. The first-order valence-corrected chi connectivity index (χ1v) is 10.9. The average Bonchev–Trinajstić information content (AvgIpc) is 3.24. The molecule has 3 fully saturated rings. The summed E-state index contributed by atoms with van der Waals surface area (Å²) in [4.78, 5) is 51.8.